The minimum atomic E-state index is -4.59. The number of halogens is 3. The lowest BCUT2D eigenvalue weighted by molar-refractivity contribution is -0.137. The molecule has 0 amide bonds. The number of hydrogen-bond donors (Lipinski definition) is 2. The Morgan fingerprint density at radius 3 is 2.38 bits per heavy atom. The Morgan fingerprint density at radius 2 is 1.72 bits per heavy atom. The van der Waals surface area contributed by atoms with Crippen LogP contribution in [0.5, 0.6) is 5.75 Å². The lowest BCUT2D eigenvalue weighted by Gasteiger charge is -2.19. The van der Waals surface area contributed by atoms with E-state index in [0.717, 1.165) is 30.4 Å². The molecule has 3 rings (SSSR count). The van der Waals surface area contributed by atoms with E-state index in [-0.39, 0.29) is 17.7 Å². The summed E-state index contributed by atoms with van der Waals surface area (Å²) in [5, 5.41) is 5.85. The van der Waals surface area contributed by atoms with Gasteiger partial charge in [0.25, 0.3) is 0 Å². The van der Waals surface area contributed by atoms with E-state index in [1.54, 1.807) is 36.4 Å². The van der Waals surface area contributed by atoms with Gasteiger partial charge in [0, 0.05) is 17.6 Å². The highest BCUT2D eigenvalue weighted by molar-refractivity contribution is 5.66. The molecule has 0 bridgehead atoms. The molecule has 8 heteroatoms. The molecule has 0 aliphatic rings. The molecular formula is C24H27F3N4O. The maximum Gasteiger partial charge on any atom is 0.421 e. The number of anilines is 4. The predicted octanol–water partition coefficient (Wildman–Crippen LogP) is 7.28. The van der Waals surface area contributed by atoms with Gasteiger partial charge in [-0.2, -0.15) is 18.2 Å². The molecule has 1 unspecified atom stereocenters. The molecule has 0 spiro atoms. The summed E-state index contributed by atoms with van der Waals surface area (Å²) in [6.45, 7) is 6.70. The van der Waals surface area contributed by atoms with Gasteiger partial charge in [0.05, 0.1) is 6.61 Å². The Kier molecular flexibility index (Phi) is 7.56. The zero-order valence-electron chi connectivity index (χ0n) is 18.3. The van der Waals surface area contributed by atoms with Crippen molar-refractivity contribution in [2.24, 2.45) is 0 Å². The van der Waals surface area contributed by atoms with Crippen LogP contribution in [-0.4, -0.2) is 16.6 Å². The van der Waals surface area contributed by atoms with Crippen LogP contribution in [0, 0.1) is 0 Å². The van der Waals surface area contributed by atoms with Crippen molar-refractivity contribution >= 4 is 23.1 Å². The molecule has 1 heterocycles. The molecule has 0 aliphatic carbocycles. The highest BCUT2D eigenvalue weighted by Gasteiger charge is 2.35. The Labute approximate surface area is 186 Å². The number of nitrogens with zero attached hydrogens (tertiary/aromatic N) is 2. The normalized spacial score (nSPS) is 12.3. The van der Waals surface area contributed by atoms with Crippen LogP contribution in [0.25, 0.3) is 0 Å². The van der Waals surface area contributed by atoms with Crippen LogP contribution in [0.15, 0.2) is 54.7 Å². The summed E-state index contributed by atoms with van der Waals surface area (Å²) >= 11 is 0. The fourth-order valence-corrected chi connectivity index (χ4v) is 3.12. The molecule has 0 saturated heterocycles. The molecule has 5 nitrogen and oxygen atoms in total. The summed E-state index contributed by atoms with van der Waals surface area (Å²) in [5.74, 6) is 0.660. The molecule has 170 valence electrons. The van der Waals surface area contributed by atoms with Crippen molar-refractivity contribution in [2.45, 2.75) is 45.7 Å². The Balaban J connectivity index is 1.89. The maximum atomic E-state index is 13.6. The Hall–Kier alpha value is -3.29. The third-order valence-corrected chi connectivity index (χ3v) is 5.03. The number of alkyl halides is 3. The second kappa shape index (κ2) is 10.3. The zero-order chi connectivity index (χ0) is 23.1. The summed E-state index contributed by atoms with van der Waals surface area (Å²) in [4.78, 5) is 8.02. The zero-order valence-corrected chi connectivity index (χ0v) is 18.3. The first-order chi connectivity index (χ1) is 15.3. The van der Waals surface area contributed by atoms with E-state index in [9.17, 15) is 13.2 Å². The first-order valence-corrected chi connectivity index (χ1v) is 10.6. The molecule has 2 aromatic carbocycles. The van der Waals surface area contributed by atoms with Crippen molar-refractivity contribution in [3.05, 3.63) is 65.9 Å². The number of ether oxygens (including phenoxy) is 1. The van der Waals surface area contributed by atoms with Crippen LogP contribution in [0.4, 0.5) is 36.3 Å². The van der Waals surface area contributed by atoms with E-state index in [0.29, 0.717) is 18.0 Å². The van der Waals surface area contributed by atoms with Crippen LogP contribution in [0.2, 0.25) is 0 Å². The van der Waals surface area contributed by atoms with Gasteiger partial charge in [-0.1, -0.05) is 39.0 Å². The molecule has 2 N–H and O–H groups in total. The first-order valence-electron chi connectivity index (χ1n) is 10.6. The molecule has 1 atom stereocenters. The topological polar surface area (TPSA) is 59.1 Å². The molecule has 0 saturated carbocycles. The van der Waals surface area contributed by atoms with E-state index in [2.05, 4.69) is 20.6 Å². The SMILES string of the molecule is CCCOc1ccc(Nc2ncc(C(F)(F)F)c(Nc3ccccc3C(C)CC)n2)cc1. The largest absolute Gasteiger partial charge is 0.494 e. The fraction of sp³-hybridized carbons (Fsp3) is 0.333. The van der Waals surface area contributed by atoms with E-state index in [1.165, 1.54) is 0 Å². The van der Waals surface area contributed by atoms with Crippen molar-refractivity contribution in [3.63, 3.8) is 0 Å². The van der Waals surface area contributed by atoms with E-state index >= 15 is 0 Å². The molecule has 1 aromatic heterocycles. The monoisotopic (exact) mass is 444 g/mol. The number of hydrogen-bond acceptors (Lipinski definition) is 5. The average molecular weight is 445 g/mol. The molecule has 0 aliphatic heterocycles. The van der Waals surface area contributed by atoms with Gasteiger partial charge >= 0.3 is 6.18 Å². The Morgan fingerprint density at radius 1 is 1.00 bits per heavy atom. The van der Waals surface area contributed by atoms with Gasteiger partial charge in [-0.05, 0) is 54.7 Å². The summed E-state index contributed by atoms with van der Waals surface area (Å²) in [6.07, 6.45) is -2.04. The summed E-state index contributed by atoms with van der Waals surface area (Å²) < 4.78 is 46.4. The van der Waals surface area contributed by atoms with Gasteiger partial charge in [-0.3, -0.25) is 0 Å². The minimum Gasteiger partial charge on any atom is -0.494 e. The van der Waals surface area contributed by atoms with Gasteiger partial charge in [0.2, 0.25) is 5.95 Å². The van der Waals surface area contributed by atoms with Crippen LogP contribution >= 0.6 is 0 Å². The standard InChI is InChI=1S/C24H27F3N4O/c1-4-14-32-18-12-10-17(11-13-18)29-23-28-15-20(24(25,26)27)22(31-23)30-21-9-7-6-8-19(21)16(3)5-2/h6-13,15-16H,4-5,14H2,1-3H3,(H2,28,29,30,31). The number of rotatable bonds is 9. The molecule has 3 aromatic rings. The molecule has 0 radical (unpaired) electrons. The smallest absolute Gasteiger partial charge is 0.421 e. The van der Waals surface area contributed by atoms with Crippen LogP contribution < -0.4 is 15.4 Å². The highest BCUT2D eigenvalue weighted by Crippen LogP contribution is 2.37. The lowest BCUT2D eigenvalue weighted by Crippen LogP contribution is -2.13. The first kappa shape index (κ1) is 23.4. The molecular weight excluding hydrogens is 417 g/mol. The van der Waals surface area contributed by atoms with E-state index < -0.39 is 11.7 Å². The second-order valence-electron chi connectivity index (χ2n) is 7.47. The van der Waals surface area contributed by atoms with Crippen molar-refractivity contribution in [1.29, 1.82) is 0 Å². The second-order valence-corrected chi connectivity index (χ2v) is 7.47. The number of para-hydroxylation sites is 1. The van der Waals surface area contributed by atoms with Gasteiger partial charge in [-0.25, -0.2) is 4.98 Å². The summed E-state index contributed by atoms with van der Waals surface area (Å²) in [7, 11) is 0. The highest BCUT2D eigenvalue weighted by atomic mass is 19.4. The van der Waals surface area contributed by atoms with Crippen LogP contribution in [0.3, 0.4) is 0 Å². The van der Waals surface area contributed by atoms with Crippen molar-refractivity contribution < 1.29 is 17.9 Å². The van der Waals surface area contributed by atoms with Crippen molar-refractivity contribution in [2.75, 3.05) is 17.2 Å². The summed E-state index contributed by atoms with van der Waals surface area (Å²) in [5.41, 5.74) is 1.23. The minimum absolute atomic E-state index is 0.0590. The van der Waals surface area contributed by atoms with Crippen molar-refractivity contribution in [3.8, 4) is 5.75 Å². The van der Waals surface area contributed by atoms with Gasteiger partial charge in [0.15, 0.2) is 0 Å². The average Bonchev–Trinajstić information content (AvgIpc) is 2.78. The summed E-state index contributed by atoms with van der Waals surface area (Å²) in [6, 6.07) is 14.4. The van der Waals surface area contributed by atoms with E-state index in [4.69, 9.17) is 4.74 Å². The third kappa shape index (κ3) is 5.90. The quantitative estimate of drug-likeness (QED) is 0.363. The molecule has 0 fully saturated rings. The van der Waals surface area contributed by atoms with Gasteiger partial charge < -0.3 is 15.4 Å². The maximum absolute atomic E-state index is 13.6. The van der Waals surface area contributed by atoms with E-state index in [1.807, 2.05) is 32.9 Å². The third-order valence-electron chi connectivity index (χ3n) is 5.03. The van der Waals surface area contributed by atoms with Crippen molar-refractivity contribution in [1.82, 2.24) is 9.97 Å². The van der Waals surface area contributed by atoms with Crippen LogP contribution in [0.1, 0.15) is 50.7 Å². The number of nitrogens with one attached hydrogen (secondary N) is 2. The lowest BCUT2D eigenvalue weighted by atomic mass is 9.97. The van der Waals surface area contributed by atoms with Gasteiger partial charge in [-0.15, -0.1) is 0 Å². The number of aromatic nitrogens is 2. The van der Waals surface area contributed by atoms with Crippen LogP contribution in [-0.2, 0) is 6.18 Å². The fourth-order valence-electron chi connectivity index (χ4n) is 3.12. The predicted molar refractivity (Wildman–Crippen MR) is 121 cm³/mol. The van der Waals surface area contributed by atoms with Gasteiger partial charge in [0.1, 0.15) is 17.1 Å². The Bertz CT molecular complexity index is 1020. The molecule has 32 heavy (non-hydrogen) atoms. The number of benzene rings is 2.